The molecule has 0 spiro atoms. The highest BCUT2D eigenvalue weighted by Crippen LogP contribution is 2.04. The van der Waals surface area contributed by atoms with Crippen LogP contribution in [0.5, 0.6) is 0 Å². The highest BCUT2D eigenvalue weighted by Gasteiger charge is 2.07. The van der Waals surface area contributed by atoms with Crippen LogP contribution in [0.4, 0.5) is 4.39 Å². The molecule has 5 heteroatoms. The number of Topliss-reactive ketones (excluding diaryl/α,β-unsaturated/α-hetero) is 1. The summed E-state index contributed by atoms with van der Waals surface area (Å²) in [4.78, 5) is 23.4. The van der Waals surface area contributed by atoms with E-state index in [2.05, 4.69) is 5.10 Å². The van der Waals surface area contributed by atoms with Gasteiger partial charge < -0.3 is 0 Å². The first-order valence-electron chi connectivity index (χ1n) is 5.84. The van der Waals surface area contributed by atoms with Gasteiger partial charge in [0, 0.05) is 12.5 Å². The molecule has 2 aromatic rings. The predicted octanol–water partition coefficient (Wildman–Crippen LogP) is 1.50. The summed E-state index contributed by atoms with van der Waals surface area (Å²) < 4.78 is 13.8. The van der Waals surface area contributed by atoms with Gasteiger partial charge in [0.1, 0.15) is 12.4 Å². The molecule has 0 bridgehead atoms. The number of hydrogen-bond donors (Lipinski definition) is 0. The molecule has 0 unspecified atom stereocenters. The van der Waals surface area contributed by atoms with E-state index in [9.17, 15) is 14.0 Å². The summed E-state index contributed by atoms with van der Waals surface area (Å²) in [7, 11) is 0. The van der Waals surface area contributed by atoms with Crippen LogP contribution in [-0.4, -0.2) is 15.6 Å². The molecular weight excluding hydrogens is 247 g/mol. The van der Waals surface area contributed by atoms with Crippen molar-refractivity contribution >= 4 is 5.78 Å². The average Bonchev–Trinajstić information content (AvgIpc) is 2.36. The second-order valence-electron chi connectivity index (χ2n) is 4.37. The number of nitrogens with zero attached hydrogens (tertiary/aromatic N) is 2. The highest BCUT2D eigenvalue weighted by atomic mass is 19.1. The Morgan fingerprint density at radius 3 is 2.63 bits per heavy atom. The summed E-state index contributed by atoms with van der Waals surface area (Å²) in [5, 5.41) is 3.90. The van der Waals surface area contributed by atoms with E-state index < -0.39 is 0 Å². The molecular formula is C14H13FN2O2. The second kappa shape index (κ2) is 5.56. The van der Waals surface area contributed by atoms with Crippen molar-refractivity contribution in [3.05, 3.63) is 63.8 Å². The first-order valence-corrected chi connectivity index (χ1v) is 5.84. The molecule has 0 N–H and O–H groups in total. The van der Waals surface area contributed by atoms with Crippen LogP contribution < -0.4 is 5.56 Å². The van der Waals surface area contributed by atoms with Gasteiger partial charge in [-0.05, 0) is 30.2 Å². The van der Waals surface area contributed by atoms with Gasteiger partial charge >= 0.3 is 0 Å². The first-order chi connectivity index (χ1) is 9.04. The van der Waals surface area contributed by atoms with Gasteiger partial charge in [-0.25, -0.2) is 9.07 Å². The number of hydrogen-bond acceptors (Lipinski definition) is 3. The smallest absolute Gasteiger partial charge is 0.267 e. The van der Waals surface area contributed by atoms with Crippen molar-refractivity contribution in [1.82, 2.24) is 9.78 Å². The molecule has 0 amide bonds. The van der Waals surface area contributed by atoms with E-state index in [0.717, 1.165) is 10.2 Å². The van der Waals surface area contributed by atoms with Gasteiger partial charge in [0.2, 0.25) is 0 Å². The molecule has 98 valence electrons. The molecule has 0 fully saturated rings. The number of halogens is 1. The van der Waals surface area contributed by atoms with Crippen LogP contribution in [0.25, 0.3) is 0 Å². The Labute approximate surface area is 109 Å². The maximum absolute atomic E-state index is 12.7. The number of carbonyl (C=O) groups is 1. The number of ketones is 1. The monoisotopic (exact) mass is 260 g/mol. The van der Waals surface area contributed by atoms with E-state index in [1.54, 1.807) is 19.1 Å². The number of aryl methyl sites for hydroxylation is 1. The Hall–Kier alpha value is -2.30. The third kappa shape index (κ3) is 3.58. The van der Waals surface area contributed by atoms with Crippen LogP contribution in [0.1, 0.15) is 11.1 Å². The number of benzene rings is 1. The van der Waals surface area contributed by atoms with E-state index in [-0.39, 0.29) is 30.1 Å². The van der Waals surface area contributed by atoms with Gasteiger partial charge in [0.15, 0.2) is 5.78 Å². The molecule has 0 aliphatic heterocycles. The summed E-state index contributed by atoms with van der Waals surface area (Å²) in [5.41, 5.74) is 1.17. The molecule has 19 heavy (non-hydrogen) atoms. The number of rotatable bonds is 4. The molecule has 1 heterocycles. The lowest BCUT2D eigenvalue weighted by Gasteiger charge is -2.04. The molecule has 0 saturated carbocycles. The molecule has 0 radical (unpaired) electrons. The lowest BCUT2D eigenvalue weighted by molar-refractivity contribution is -0.119. The van der Waals surface area contributed by atoms with Crippen LogP contribution in [0, 0.1) is 12.7 Å². The van der Waals surface area contributed by atoms with Gasteiger partial charge in [-0.15, -0.1) is 0 Å². The van der Waals surface area contributed by atoms with E-state index in [1.165, 1.54) is 24.4 Å². The molecule has 4 nitrogen and oxygen atoms in total. The van der Waals surface area contributed by atoms with Crippen molar-refractivity contribution < 1.29 is 9.18 Å². The van der Waals surface area contributed by atoms with Crippen molar-refractivity contribution in [1.29, 1.82) is 0 Å². The van der Waals surface area contributed by atoms with Gasteiger partial charge in [0.05, 0.1) is 6.20 Å². The zero-order chi connectivity index (χ0) is 13.8. The average molecular weight is 260 g/mol. The summed E-state index contributed by atoms with van der Waals surface area (Å²) in [6.07, 6.45) is 1.69. The van der Waals surface area contributed by atoms with Crippen molar-refractivity contribution in [2.75, 3.05) is 0 Å². The molecule has 0 atom stereocenters. The van der Waals surface area contributed by atoms with E-state index in [1.807, 2.05) is 0 Å². The third-order valence-electron chi connectivity index (χ3n) is 2.65. The van der Waals surface area contributed by atoms with Crippen LogP contribution in [-0.2, 0) is 17.8 Å². The highest BCUT2D eigenvalue weighted by molar-refractivity contribution is 5.80. The summed E-state index contributed by atoms with van der Waals surface area (Å²) in [6, 6.07) is 7.15. The van der Waals surface area contributed by atoms with Crippen LogP contribution >= 0.6 is 0 Å². The molecule has 1 aromatic heterocycles. The topological polar surface area (TPSA) is 52.0 Å². The maximum atomic E-state index is 12.7. The van der Waals surface area contributed by atoms with E-state index in [0.29, 0.717) is 5.56 Å². The minimum atomic E-state index is -0.340. The molecule has 0 aliphatic carbocycles. The van der Waals surface area contributed by atoms with Crippen LogP contribution in [0.15, 0.2) is 41.3 Å². The largest absolute Gasteiger partial charge is 0.297 e. The quantitative estimate of drug-likeness (QED) is 0.837. The molecule has 0 aliphatic rings. The Bertz CT molecular complexity index is 647. The fraction of sp³-hybridized carbons (Fsp3) is 0.214. The summed E-state index contributed by atoms with van der Waals surface area (Å²) >= 11 is 0. The van der Waals surface area contributed by atoms with Gasteiger partial charge in [-0.1, -0.05) is 12.1 Å². The van der Waals surface area contributed by atoms with Gasteiger partial charge in [0.25, 0.3) is 5.56 Å². The first kappa shape index (κ1) is 13.1. The van der Waals surface area contributed by atoms with Gasteiger partial charge in [-0.3, -0.25) is 9.59 Å². The van der Waals surface area contributed by atoms with Crippen molar-refractivity contribution in [2.24, 2.45) is 0 Å². The Kier molecular flexibility index (Phi) is 3.85. The van der Waals surface area contributed by atoms with Crippen molar-refractivity contribution in [2.45, 2.75) is 19.9 Å². The van der Waals surface area contributed by atoms with Crippen molar-refractivity contribution in [3.63, 3.8) is 0 Å². The van der Waals surface area contributed by atoms with Crippen molar-refractivity contribution in [3.8, 4) is 0 Å². The van der Waals surface area contributed by atoms with E-state index >= 15 is 0 Å². The fourth-order valence-corrected chi connectivity index (χ4v) is 1.70. The standard InChI is InChI=1S/C14H13FN2O2/c1-10-6-14(19)17(16-8-10)9-13(18)7-11-2-4-12(15)5-3-11/h2-6,8H,7,9H2,1H3. The Morgan fingerprint density at radius 2 is 2.00 bits per heavy atom. The second-order valence-corrected chi connectivity index (χ2v) is 4.37. The Balaban J connectivity index is 2.05. The maximum Gasteiger partial charge on any atom is 0.267 e. The fourth-order valence-electron chi connectivity index (χ4n) is 1.70. The zero-order valence-corrected chi connectivity index (χ0v) is 10.5. The lowest BCUT2D eigenvalue weighted by atomic mass is 10.1. The summed E-state index contributed by atoms with van der Waals surface area (Å²) in [5.74, 6) is -0.488. The normalized spacial score (nSPS) is 10.4. The number of carbonyl (C=O) groups excluding carboxylic acids is 1. The molecule has 0 saturated heterocycles. The molecule has 1 aromatic carbocycles. The lowest BCUT2D eigenvalue weighted by Crippen LogP contribution is -2.26. The zero-order valence-electron chi connectivity index (χ0n) is 10.5. The summed E-state index contributed by atoms with van der Waals surface area (Å²) in [6.45, 7) is 1.69. The van der Waals surface area contributed by atoms with E-state index in [4.69, 9.17) is 0 Å². The Morgan fingerprint density at radius 1 is 1.32 bits per heavy atom. The molecule has 2 rings (SSSR count). The minimum absolute atomic E-state index is 0.0729. The van der Waals surface area contributed by atoms with Gasteiger partial charge in [-0.2, -0.15) is 5.10 Å². The van der Waals surface area contributed by atoms with Crippen LogP contribution in [0.3, 0.4) is 0 Å². The SMILES string of the molecule is Cc1cnn(CC(=O)Cc2ccc(F)cc2)c(=O)c1. The van der Waals surface area contributed by atoms with Crippen LogP contribution in [0.2, 0.25) is 0 Å². The number of aromatic nitrogens is 2. The predicted molar refractivity (Wildman–Crippen MR) is 68.3 cm³/mol. The minimum Gasteiger partial charge on any atom is -0.297 e. The third-order valence-corrected chi connectivity index (χ3v) is 2.65.